The minimum absolute atomic E-state index is 0.00743. The van der Waals surface area contributed by atoms with Crippen LogP contribution in [0.4, 0.5) is 0 Å². The summed E-state index contributed by atoms with van der Waals surface area (Å²) >= 11 is 0. The van der Waals surface area contributed by atoms with E-state index in [4.69, 9.17) is 4.99 Å². The monoisotopic (exact) mass is 220 g/mol. The van der Waals surface area contributed by atoms with Gasteiger partial charge in [-0.25, -0.2) is 9.98 Å². The van der Waals surface area contributed by atoms with Gasteiger partial charge in [0.15, 0.2) is 0 Å². The molecule has 0 unspecified atom stereocenters. The first-order valence-electron chi connectivity index (χ1n) is 6.29. The molecule has 0 aliphatic heterocycles. The molecule has 0 N–H and O–H groups in total. The van der Waals surface area contributed by atoms with Crippen LogP contribution in [0.25, 0.3) is 0 Å². The number of nitrogens with zero attached hydrogens (tertiary/aromatic N) is 2. The Hall–Kier alpha value is -0.920. The molecule has 2 heteroatoms. The van der Waals surface area contributed by atoms with Crippen molar-refractivity contribution in [3.63, 3.8) is 0 Å². The van der Waals surface area contributed by atoms with Gasteiger partial charge in [-0.1, -0.05) is 40.2 Å². The van der Waals surface area contributed by atoms with Crippen LogP contribution in [-0.2, 0) is 0 Å². The fourth-order valence-electron chi connectivity index (χ4n) is 1.87. The third kappa shape index (κ3) is 4.30. The van der Waals surface area contributed by atoms with Gasteiger partial charge < -0.3 is 0 Å². The first kappa shape index (κ1) is 13.1. The van der Waals surface area contributed by atoms with Crippen molar-refractivity contribution in [2.24, 2.45) is 15.4 Å². The molecule has 1 saturated carbocycles. The maximum absolute atomic E-state index is 4.75. The van der Waals surface area contributed by atoms with Crippen molar-refractivity contribution in [2.75, 3.05) is 0 Å². The minimum Gasteiger partial charge on any atom is -0.242 e. The molecule has 0 spiro atoms. The fourth-order valence-corrected chi connectivity index (χ4v) is 1.87. The van der Waals surface area contributed by atoms with Crippen LogP contribution >= 0.6 is 0 Å². The van der Waals surface area contributed by atoms with Crippen LogP contribution in [0.15, 0.2) is 22.8 Å². The molecule has 0 saturated heterocycles. The lowest BCUT2D eigenvalue weighted by molar-refractivity contribution is 0.585. The molecule has 0 aromatic heterocycles. The molecule has 16 heavy (non-hydrogen) atoms. The molecule has 0 radical (unpaired) electrons. The zero-order valence-corrected chi connectivity index (χ0v) is 10.9. The second-order valence-corrected chi connectivity index (χ2v) is 5.48. The van der Waals surface area contributed by atoms with Gasteiger partial charge in [0.2, 0.25) is 0 Å². The van der Waals surface area contributed by atoms with Gasteiger partial charge in [0, 0.05) is 17.3 Å². The van der Waals surface area contributed by atoms with Crippen molar-refractivity contribution >= 4 is 11.5 Å². The predicted molar refractivity (Wildman–Crippen MR) is 72.2 cm³/mol. The Labute approximate surface area is 99.6 Å². The molecule has 1 fully saturated rings. The van der Waals surface area contributed by atoms with Gasteiger partial charge in [0.1, 0.15) is 5.84 Å². The highest BCUT2D eigenvalue weighted by Gasteiger charge is 2.19. The number of aliphatic imine (C=N–C) groups is 2. The van der Waals surface area contributed by atoms with Crippen LogP contribution < -0.4 is 0 Å². The highest BCUT2D eigenvalue weighted by Crippen LogP contribution is 2.20. The van der Waals surface area contributed by atoms with Gasteiger partial charge in [0.25, 0.3) is 0 Å². The zero-order valence-electron chi connectivity index (χ0n) is 10.9. The maximum Gasteiger partial charge on any atom is 0.133 e. The number of amidine groups is 1. The number of rotatable bonds is 1. The average Bonchev–Trinajstić information content (AvgIpc) is 2.44. The van der Waals surface area contributed by atoms with E-state index < -0.39 is 0 Å². The van der Waals surface area contributed by atoms with Crippen LogP contribution in [0.5, 0.6) is 0 Å². The van der Waals surface area contributed by atoms with E-state index >= 15 is 0 Å². The summed E-state index contributed by atoms with van der Waals surface area (Å²) in [5, 5.41) is 0. The van der Waals surface area contributed by atoms with Crippen LogP contribution in [0, 0.1) is 5.41 Å². The van der Waals surface area contributed by atoms with Crippen molar-refractivity contribution < 1.29 is 0 Å². The second-order valence-electron chi connectivity index (χ2n) is 5.48. The standard InChI is InChI=1S/C14H24N2/c1-5-15-13(14(2,3)4)16-12-10-8-6-7-9-11-12/h5H,1,6-11H2,2-4H3. The summed E-state index contributed by atoms with van der Waals surface area (Å²) in [4.78, 5) is 9.07. The topological polar surface area (TPSA) is 24.7 Å². The lowest BCUT2D eigenvalue weighted by Crippen LogP contribution is -2.19. The summed E-state index contributed by atoms with van der Waals surface area (Å²) in [5.74, 6) is 0.916. The SMILES string of the molecule is C=CN=C(N=C1CCCCCC1)C(C)(C)C. The molecule has 0 bridgehead atoms. The molecule has 1 rings (SSSR count). The minimum atomic E-state index is 0.00743. The molecule has 0 heterocycles. The van der Waals surface area contributed by atoms with Gasteiger partial charge in [-0.15, -0.1) is 0 Å². The highest BCUT2D eigenvalue weighted by atomic mass is 14.9. The summed E-state index contributed by atoms with van der Waals surface area (Å²) in [6.45, 7) is 10.1. The molecule has 0 amide bonds. The van der Waals surface area contributed by atoms with Crippen molar-refractivity contribution in [3.05, 3.63) is 12.8 Å². The fraction of sp³-hybridized carbons (Fsp3) is 0.714. The Kier molecular flexibility index (Phi) is 4.91. The van der Waals surface area contributed by atoms with Gasteiger partial charge in [-0.2, -0.15) is 0 Å². The lowest BCUT2D eigenvalue weighted by Gasteiger charge is -2.18. The first-order chi connectivity index (χ1) is 7.54. The molecule has 1 aliphatic rings. The summed E-state index contributed by atoms with van der Waals surface area (Å²) in [6.07, 6.45) is 9.15. The third-order valence-electron chi connectivity index (χ3n) is 2.83. The van der Waals surface area contributed by atoms with Crippen LogP contribution in [0.1, 0.15) is 59.3 Å². The Morgan fingerprint density at radius 1 is 1.12 bits per heavy atom. The van der Waals surface area contributed by atoms with Crippen molar-refractivity contribution in [2.45, 2.75) is 59.3 Å². The Balaban J connectivity index is 2.83. The van der Waals surface area contributed by atoms with E-state index in [0.717, 1.165) is 18.7 Å². The lowest BCUT2D eigenvalue weighted by atomic mass is 9.95. The average molecular weight is 220 g/mol. The number of hydrogen-bond acceptors (Lipinski definition) is 1. The van der Waals surface area contributed by atoms with E-state index in [1.54, 1.807) is 6.20 Å². The Bertz CT molecular complexity index is 282. The smallest absolute Gasteiger partial charge is 0.133 e. The van der Waals surface area contributed by atoms with E-state index in [2.05, 4.69) is 32.3 Å². The molecular formula is C14H24N2. The summed E-state index contributed by atoms with van der Waals surface area (Å²) in [5.41, 5.74) is 1.33. The molecule has 90 valence electrons. The van der Waals surface area contributed by atoms with Crippen molar-refractivity contribution in [3.8, 4) is 0 Å². The Morgan fingerprint density at radius 2 is 1.69 bits per heavy atom. The van der Waals surface area contributed by atoms with E-state index in [9.17, 15) is 0 Å². The summed E-state index contributed by atoms with van der Waals surface area (Å²) in [6, 6.07) is 0. The molecule has 0 aromatic carbocycles. The van der Waals surface area contributed by atoms with Gasteiger partial charge in [0.05, 0.1) is 0 Å². The summed E-state index contributed by atoms with van der Waals surface area (Å²) < 4.78 is 0. The maximum atomic E-state index is 4.75. The van der Waals surface area contributed by atoms with E-state index in [0.29, 0.717) is 0 Å². The van der Waals surface area contributed by atoms with Gasteiger partial charge >= 0.3 is 0 Å². The number of hydrogen-bond donors (Lipinski definition) is 0. The van der Waals surface area contributed by atoms with Crippen LogP contribution in [-0.4, -0.2) is 11.5 Å². The molecular weight excluding hydrogens is 196 g/mol. The molecule has 2 nitrogen and oxygen atoms in total. The van der Waals surface area contributed by atoms with Crippen molar-refractivity contribution in [1.82, 2.24) is 0 Å². The van der Waals surface area contributed by atoms with E-state index in [-0.39, 0.29) is 5.41 Å². The quantitative estimate of drug-likeness (QED) is 0.356. The normalized spacial score (nSPS) is 19.2. The van der Waals surface area contributed by atoms with Crippen LogP contribution in [0.2, 0.25) is 0 Å². The van der Waals surface area contributed by atoms with E-state index in [1.165, 1.54) is 31.4 Å². The molecule has 0 atom stereocenters. The predicted octanol–water partition coefficient (Wildman–Crippen LogP) is 4.37. The zero-order chi connectivity index (χ0) is 12.0. The van der Waals surface area contributed by atoms with Gasteiger partial charge in [-0.3, -0.25) is 0 Å². The largest absolute Gasteiger partial charge is 0.242 e. The Morgan fingerprint density at radius 3 is 2.12 bits per heavy atom. The third-order valence-corrected chi connectivity index (χ3v) is 2.83. The summed E-state index contributed by atoms with van der Waals surface area (Å²) in [7, 11) is 0. The second kappa shape index (κ2) is 5.97. The van der Waals surface area contributed by atoms with Crippen molar-refractivity contribution in [1.29, 1.82) is 0 Å². The first-order valence-corrected chi connectivity index (χ1v) is 6.29. The highest BCUT2D eigenvalue weighted by molar-refractivity contribution is 6.00. The van der Waals surface area contributed by atoms with Crippen LogP contribution in [0.3, 0.4) is 0 Å². The van der Waals surface area contributed by atoms with Gasteiger partial charge in [-0.05, 0) is 25.7 Å². The van der Waals surface area contributed by atoms with E-state index in [1.807, 2.05) is 0 Å². The molecule has 1 aliphatic carbocycles. The molecule has 0 aromatic rings.